The predicted octanol–water partition coefficient (Wildman–Crippen LogP) is 5.26. The molecule has 0 radical (unpaired) electrons. The highest BCUT2D eigenvalue weighted by atomic mass is 32.2. The average Bonchev–Trinajstić information content (AvgIpc) is 2.88. The Balaban J connectivity index is 1.59. The minimum atomic E-state index is -4.80. The minimum absolute atomic E-state index is 0.0454. The molecule has 0 saturated heterocycles. The number of ketones is 2. The summed E-state index contributed by atoms with van der Waals surface area (Å²) in [5.41, 5.74) is 10.1. The number of nitrogen functional groups attached to an aromatic ring is 1. The molecule has 0 saturated carbocycles. The molecule has 1 aliphatic rings. The van der Waals surface area contributed by atoms with Crippen molar-refractivity contribution < 1.29 is 22.6 Å². The van der Waals surface area contributed by atoms with Crippen molar-refractivity contribution in [1.29, 1.82) is 0 Å². The third-order valence-corrected chi connectivity index (χ3v) is 7.50. The Labute approximate surface area is 220 Å². The SMILES string of the molecule is Cc1ccc(CNc2ccc(C)c(Nc3cc(S(=O)(=O)O)c(N)c4c3C(=O)c3ccccc3C4=O)c2)cc1. The van der Waals surface area contributed by atoms with E-state index in [2.05, 4.69) is 10.6 Å². The van der Waals surface area contributed by atoms with Gasteiger partial charge in [0.05, 0.1) is 22.5 Å². The number of fused-ring (bicyclic) bond motifs is 2. The summed E-state index contributed by atoms with van der Waals surface area (Å²) in [6.07, 6.45) is 0. The van der Waals surface area contributed by atoms with Gasteiger partial charge in [-0.25, -0.2) is 0 Å². The van der Waals surface area contributed by atoms with Gasteiger partial charge in [0.1, 0.15) is 4.90 Å². The van der Waals surface area contributed by atoms with E-state index >= 15 is 0 Å². The molecule has 0 fully saturated rings. The fraction of sp³-hybridized carbons (Fsp3) is 0.103. The maximum Gasteiger partial charge on any atom is 0.296 e. The summed E-state index contributed by atoms with van der Waals surface area (Å²) < 4.78 is 34.2. The molecule has 8 nitrogen and oxygen atoms in total. The van der Waals surface area contributed by atoms with Crippen LogP contribution in [0.3, 0.4) is 0 Å². The predicted molar refractivity (Wildman–Crippen MR) is 147 cm³/mol. The zero-order valence-electron chi connectivity index (χ0n) is 20.7. The third kappa shape index (κ3) is 4.53. The number of rotatable bonds is 6. The van der Waals surface area contributed by atoms with E-state index in [9.17, 15) is 22.6 Å². The number of nitrogens with two attached hydrogens (primary N) is 1. The van der Waals surface area contributed by atoms with Crippen molar-refractivity contribution in [3.05, 3.63) is 112 Å². The summed E-state index contributed by atoms with van der Waals surface area (Å²) >= 11 is 0. The molecule has 0 aromatic heterocycles. The van der Waals surface area contributed by atoms with Gasteiger partial charge in [-0.15, -0.1) is 0 Å². The molecule has 192 valence electrons. The number of aryl methyl sites for hydroxylation is 2. The highest BCUT2D eigenvalue weighted by Crippen LogP contribution is 2.40. The first-order valence-corrected chi connectivity index (χ1v) is 13.3. The van der Waals surface area contributed by atoms with Gasteiger partial charge in [-0.2, -0.15) is 8.42 Å². The largest absolute Gasteiger partial charge is 0.397 e. The van der Waals surface area contributed by atoms with E-state index in [1.165, 1.54) is 17.7 Å². The first-order valence-electron chi connectivity index (χ1n) is 11.8. The molecule has 4 aromatic carbocycles. The topological polar surface area (TPSA) is 139 Å². The molecule has 1 aliphatic carbocycles. The van der Waals surface area contributed by atoms with Gasteiger partial charge >= 0.3 is 0 Å². The molecule has 0 heterocycles. The standard InChI is InChI=1S/C29H25N3O5S/c1-16-7-10-18(11-8-16)15-31-19-12-9-17(2)22(13-19)32-23-14-24(38(35,36)37)27(30)26-25(23)28(33)20-5-3-4-6-21(20)29(26)34/h3-14,31-32H,15,30H2,1-2H3,(H,35,36,37). The van der Waals surface area contributed by atoms with Gasteiger partial charge in [0, 0.05) is 29.0 Å². The first kappa shape index (κ1) is 25.2. The normalized spacial score (nSPS) is 12.6. The summed E-state index contributed by atoms with van der Waals surface area (Å²) in [6.45, 7) is 4.45. The quantitative estimate of drug-likeness (QED) is 0.173. The molecule has 5 rings (SSSR count). The van der Waals surface area contributed by atoms with E-state index in [-0.39, 0.29) is 27.9 Å². The Morgan fingerprint density at radius 1 is 0.816 bits per heavy atom. The zero-order valence-corrected chi connectivity index (χ0v) is 21.5. The first-order chi connectivity index (χ1) is 18.0. The lowest BCUT2D eigenvalue weighted by atomic mass is 9.82. The Hall–Kier alpha value is -4.47. The number of hydrogen-bond acceptors (Lipinski definition) is 7. The zero-order chi connectivity index (χ0) is 27.2. The van der Waals surface area contributed by atoms with Crippen molar-refractivity contribution in [2.45, 2.75) is 25.3 Å². The molecule has 0 spiro atoms. The van der Waals surface area contributed by atoms with E-state index in [1.807, 2.05) is 56.3 Å². The Bertz CT molecular complexity index is 1730. The van der Waals surface area contributed by atoms with Crippen molar-refractivity contribution in [2.24, 2.45) is 0 Å². The van der Waals surface area contributed by atoms with Crippen LogP contribution in [-0.4, -0.2) is 24.5 Å². The van der Waals surface area contributed by atoms with E-state index < -0.39 is 32.3 Å². The summed E-state index contributed by atoms with van der Waals surface area (Å²) in [7, 11) is -4.80. The molecule has 9 heteroatoms. The van der Waals surface area contributed by atoms with Crippen LogP contribution in [0.15, 0.2) is 77.7 Å². The molecule has 0 unspecified atom stereocenters. The maximum absolute atomic E-state index is 13.5. The van der Waals surface area contributed by atoms with Crippen LogP contribution in [0.4, 0.5) is 22.7 Å². The van der Waals surface area contributed by atoms with Crippen LogP contribution >= 0.6 is 0 Å². The average molecular weight is 528 g/mol. The van der Waals surface area contributed by atoms with E-state index in [0.29, 0.717) is 12.2 Å². The van der Waals surface area contributed by atoms with Crippen LogP contribution in [0.25, 0.3) is 0 Å². The molecular weight excluding hydrogens is 502 g/mol. The summed E-state index contributed by atoms with van der Waals surface area (Å²) in [5.74, 6) is -1.07. The van der Waals surface area contributed by atoms with Crippen molar-refractivity contribution in [3.63, 3.8) is 0 Å². The second-order valence-corrected chi connectivity index (χ2v) is 10.6. The summed E-state index contributed by atoms with van der Waals surface area (Å²) in [6, 6.07) is 21.1. The second-order valence-electron chi connectivity index (χ2n) is 9.26. The fourth-order valence-corrected chi connectivity index (χ4v) is 5.17. The van der Waals surface area contributed by atoms with Crippen LogP contribution in [0.5, 0.6) is 0 Å². The van der Waals surface area contributed by atoms with Crippen LogP contribution in [0, 0.1) is 13.8 Å². The molecule has 5 N–H and O–H groups in total. The molecule has 38 heavy (non-hydrogen) atoms. The minimum Gasteiger partial charge on any atom is -0.397 e. The summed E-state index contributed by atoms with van der Waals surface area (Å²) in [4.78, 5) is 26.3. The fourth-order valence-electron chi connectivity index (χ4n) is 4.53. The lowest BCUT2D eigenvalue weighted by Gasteiger charge is -2.24. The number of nitrogens with one attached hydrogen (secondary N) is 2. The van der Waals surface area contributed by atoms with Crippen molar-refractivity contribution in [1.82, 2.24) is 0 Å². The monoisotopic (exact) mass is 527 g/mol. The van der Waals surface area contributed by atoms with Gasteiger partial charge in [0.2, 0.25) is 0 Å². The third-order valence-electron chi connectivity index (χ3n) is 6.60. The molecular formula is C29H25N3O5S. The van der Waals surface area contributed by atoms with Crippen LogP contribution < -0.4 is 16.4 Å². The van der Waals surface area contributed by atoms with Gasteiger partial charge in [0.25, 0.3) is 10.1 Å². The number of anilines is 4. The Morgan fingerprint density at radius 3 is 2.08 bits per heavy atom. The number of carbonyl (C=O) groups is 2. The molecule has 0 atom stereocenters. The number of hydrogen-bond donors (Lipinski definition) is 4. The van der Waals surface area contributed by atoms with Gasteiger partial charge in [-0.1, -0.05) is 60.2 Å². The highest BCUT2D eigenvalue weighted by molar-refractivity contribution is 7.86. The molecule has 4 aromatic rings. The van der Waals surface area contributed by atoms with Crippen LogP contribution in [0.1, 0.15) is 48.5 Å². The maximum atomic E-state index is 13.5. The Kier molecular flexibility index (Phi) is 6.26. The van der Waals surface area contributed by atoms with Crippen molar-refractivity contribution >= 4 is 44.4 Å². The second kappa shape index (κ2) is 9.44. The van der Waals surface area contributed by atoms with Gasteiger partial charge < -0.3 is 16.4 Å². The summed E-state index contributed by atoms with van der Waals surface area (Å²) in [5, 5.41) is 6.48. The smallest absolute Gasteiger partial charge is 0.296 e. The van der Waals surface area contributed by atoms with Crippen LogP contribution in [-0.2, 0) is 16.7 Å². The molecule has 0 amide bonds. The number of carbonyl (C=O) groups excluding carboxylic acids is 2. The van der Waals surface area contributed by atoms with Crippen LogP contribution in [0.2, 0.25) is 0 Å². The van der Waals surface area contributed by atoms with E-state index in [4.69, 9.17) is 5.73 Å². The Morgan fingerprint density at radius 2 is 1.45 bits per heavy atom. The molecule has 0 bridgehead atoms. The van der Waals surface area contributed by atoms with E-state index in [1.54, 1.807) is 12.1 Å². The highest BCUT2D eigenvalue weighted by Gasteiger charge is 2.36. The lowest BCUT2D eigenvalue weighted by molar-refractivity contribution is 0.0980. The van der Waals surface area contributed by atoms with Crippen molar-refractivity contribution in [2.75, 3.05) is 16.4 Å². The van der Waals surface area contributed by atoms with E-state index in [0.717, 1.165) is 22.9 Å². The van der Waals surface area contributed by atoms with Crippen molar-refractivity contribution in [3.8, 4) is 0 Å². The molecule has 0 aliphatic heterocycles. The van der Waals surface area contributed by atoms with Gasteiger partial charge in [-0.3, -0.25) is 14.1 Å². The number of benzene rings is 4. The van der Waals surface area contributed by atoms with Gasteiger partial charge in [-0.05, 0) is 43.2 Å². The lowest BCUT2D eigenvalue weighted by Crippen LogP contribution is -2.25. The van der Waals surface area contributed by atoms with Gasteiger partial charge in [0.15, 0.2) is 11.6 Å².